The molecule has 1 N–H and O–H groups in total. The predicted molar refractivity (Wildman–Crippen MR) is 106 cm³/mol. The van der Waals surface area contributed by atoms with E-state index in [1.54, 1.807) is 12.3 Å². The first-order chi connectivity index (χ1) is 13.1. The van der Waals surface area contributed by atoms with Gasteiger partial charge < -0.3 is 10.2 Å². The lowest BCUT2D eigenvalue weighted by atomic mass is 10.1. The number of pyridine rings is 1. The zero-order valence-corrected chi connectivity index (χ0v) is 15.9. The van der Waals surface area contributed by atoms with Crippen LogP contribution in [0.5, 0.6) is 0 Å². The van der Waals surface area contributed by atoms with E-state index in [1.165, 1.54) is 4.90 Å². The molecular weight excluding hydrogens is 364 g/mol. The zero-order valence-electron chi connectivity index (χ0n) is 15.1. The highest BCUT2D eigenvalue weighted by Crippen LogP contribution is 2.39. The smallest absolute Gasteiger partial charge is 0.250 e. The van der Waals surface area contributed by atoms with Crippen LogP contribution in [-0.2, 0) is 16.0 Å². The molecule has 2 aliphatic rings. The molecule has 3 heterocycles. The SMILES string of the molecule is CCc1cccc(NC(=O)CN2C(=O)C3CCCN3c3ncc(Cl)cc32)c1. The van der Waals surface area contributed by atoms with Gasteiger partial charge >= 0.3 is 0 Å². The van der Waals surface area contributed by atoms with Gasteiger partial charge in [-0.05, 0) is 43.0 Å². The molecule has 27 heavy (non-hydrogen) atoms. The number of anilines is 3. The zero-order chi connectivity index (χ0) is 19.0. The van der Waals surface area contributed by atoms with Crippen molar-refractivity contribution in [3.8, 4) is 0 Å². The molecule has 4 rings (SSSR count). The van der Waals surface area contributed by atoms with Crippen molar-refractivity contribution in [2.24, 2.45) is 0 Å². The summed E-state index contributed by atoms with van der Waals surface area (Å²) in [6, 6.07) is 9.18. The molecule has 0 radical (unpaired) electrons. The Morgan fingerprint density at radius 1 is 1.37 bits per heavy atom. The van der Waals surface area contributed by atoms with Crippen molar-refractivity contribution in [3.05, 3.63) is 47.1 Å². The van der Waals surface area contributed by atoms with E-state index in [0.717, 1.165) is 42.9 Å². The Morgan fingerprint density at radius 2 is 2.22 bits per heavy atom. The molecule has 0 spiro atoms. The van der Waals surface area contributed by atoms with E-state index < -0.39 is 0 Å². The number of aromatic nitrogens is 1. The minimum Gasteiger partial charge on any atom is -0.343 e. The van der Waals surface area contributed by atoms with Crippen LogP contribution in [-0.4, -0.2) is 35.9 Å². The molecule has 0 bridgehead atoms. The van der Waals surface area contributed by atoms with Crippen LogP contribution in [0.25, 0.3) is 0 Å². The van der Waals surface area contributed by atoms with Crippen LogP contribution in [0.3, 0.4) is 0 Å². The lowest BCUT2D eigenvalue weighted by molar-refractivity contribution is -0.122. The van der Waals surface area contributed by atoms with Gasteiger partial charge in [0, 0.05) is 18.4 Å². The largest absolute Gasteiger partial charge is 0.343 e. The molecule has 140 valence electrons. The van der Waals surface area contributed by atoms with Gasteiger partial charge in [-0.25, -0.2) is 4.98 Å². The molecule has 2 aromatic rings. The van der Waals surface area contributed by atoms with Crippen molar-refractivity contribution in [1.82, 2.24) is 4.98 Å². The fraction of sp³-hybridized carbons (Fsp3) is 0.350. The summed E-state index contributed by atoms with van der Waals surface area (Å²) in [6.45, 7) is 2.80. The van der Waals surface area contributed by atoms with Crippen LogP contribution in [0.2, 0.25) is 5.02 Å². The number of hydrogen-bond acceptors (Lipinski definition) is 4. The van der Waals surface area contributed by atoms with Crippen LogP contribution in [0.15, 0.2) is 36.5 Å². The average molecular weight is 385 g/mol. The number of nitrogens with zero attached hydrogens (tertiary/aromatic N) is 3. The number of halogens is 1. The second kappa shape index (κ2) is 7.19. The van der Waals surface area contributed by atoms with Crippen LogP contribution >= 0.6 is 11.6 Å². The van der Waals surface area contributed by atoms with E-state index in [2.05, 4.69) is 17.2 Å². The van der Waals surface area contributed by atoms with E-state index in [1.807, 2.05) is 29.2 Å². The molecule has 1 fully saturated rings. The summed E-state index contributed by atoms with van der Waals surface area (Å²) < 4.78 is 0. The highest BCUT2D eigenvalue weighted by molar-refractivity contribution is 6.31. The predicted octanol–water partition coefficient (Wildman–Crippen LogP) is 3.25. The van der Waals surface area contributed by atoms with Gasteiger partial charge in [-0.1, -0.05) is 30.7 Å². The molecule has 0 saturated carbocycles. The highest BCUT2D eigenvalue weighted by atomic mass is 35.5. The van der Waals surface area contributed by atoms with Gasteiger partial charge in [0.1, 0.15) is 12.6 Å². The van der Waals surface area contributed by atoms with E-state index >= 15 is 0 Å². The standard InChI is InChI=1S/C20H21ClN4O2/c1-2-13-5-3-6-15(9-13)23-18(26)12-25-17-10-14(21)11-22-19(17)24-8-4-7-16(24)20(25)27/h3,5-6,9-11,16H,2,4,7-8,12H2,1H3,(H,23,26). The summed E-state index contributed by atoms with van der Waals surface area (Å²) in [4.78, 5) is 33.6. The van der Waals surface area contributed by atoms with Gasteiger partial charge in [0.25, 0.3) is 0 Å². The third kappa shape index (κ3) is 3.37. The Kier molecular flexibility index (Phi) is 4.74. The van der Waals surface area contributed by atoms with Crippen LogP contribution in [0, 0.1) is 0 Å². The number of carbonyl (C=O) groups is 2. The Balaban J connectivity index is 1.59. The maximum absolute atomic E-state index is 13.0. The number of amides is 2. The first kappa shape index (κ1) is 17.8. The number of hydrogen-bond donors (Lipinski definition) is 1. The van der Waals surface area contributed by atoms with Gasteiger partial charge in [-0.3, -0.25) is 14.5 Å². The molecular formula is C20H21ClN4O2. The number of rotatable bonds is 4. The van der Waals surface area contributed by atoms with Gasteiger partial charge in [0.2, 0.25) is 11.8 Å². The second-order valence-electron chi connectivity index (χ2n) is 6.87. The van der Waals surface area contributed by atoms with E-state index in [4.69, 9.17) is 11.6 Å². The molecule has 7 heteroatoms. The maximum atomic E-state index is 13.0. The molecule has 6 nitrogen and oxygen atoms in total. The van der Waals surface area contributed by atoms with E-state index in [0.29, 0.717) is 10.7 Å². The van der Waals surface area contributed by atoms with E-state index in [-0.39, 0.29) is 24.4 Å². The normalized spacial score (nSPS) is 18.3. The maximum Gasteiger partial charge on any atom is 0.250 e. The summed E-state index contributed by atoms with van der Waals surface area (Å²) in [5.74, 6) is 0.415. The van der Waals surface area contributed by atoms with Crippen molar-refractivity contribution in [2.45, 2.75) is 32.2 Å². The number of aryl methyl sites for hydroxylation is 1. The molecule has 0 aliphatic carbocycles. The molecule has 1 saturated heterocycles. The number of nitrogens with one attached hydrogen (secondary N) is 1. The van der Waals surface area contributed by atoms with Crippen molar-refractivity contribution >= 4 is 40.6 Å². The lowest BCUT2D eigenvalue weighted by Crippen LogP contribution is -2.53. The van der Waals surface area contributed by atoms with Crippen LogP contribution in [0.4, 0.5) is 17.2 Å². The molecule has 1 aromatic carbocycles. The van der Waals surface area contributed by atoms with Crippen molar-refractivity contribution in [1.29, 1.82) is 0 Å². The van der Waals surface area contributed by atoms with Gasteiger partial charge in [0.05, 0.1) is 10.7 Å². The van der Waals surface area contributed by atoms with Crippen LogP contribution < -0.4 is 15.1 Å². The quantitative estimate of drug-likeness (QED) is 0.878. The summed E-state index contributed by atoms with van der Waals surface area (Å²) in [7, 11) is 0. The van der Waals surface area contributed by atoms with Crippen molar-refractivity contribution in [2.75, 3.05) is 28.2 Å². The topological polar surface area (TPSA) is 65.5 Å². The molecule has 2 amide bonds. The van der Waals surface area contributed by atoms with Crippen molar-refractivity contribution < 1.29 is 9.59 Å². The summed E-state index contributed by atoms with van der Waals surface area (Å²) in [6.07, 6.45) is 4.19. The molecule has 1 atom stereocenters. The van der Waals surface area contributed by atoms with E-state index in [9.17, 15) is 9.59 Å². The van der Waals surface area contributed by atoms with Gasteiger partial charge in [-0.15, -0.1) is 0 Å². The Bertz CT molecular complexity index is 901. The first-order valence-electron chi connectivity index (χ1n) is 9.19. The molecule has 1 unspecified atom stereocenters. The summed E-state index contributed by atoms with van der Waals surface area (Å²) in [5, 5.41) is 3.33. The second-order valence-corrected chi connectivity index (χ2v) is 7.31. The summed E-state index contributed by atoms with van der Waals surface area (Å²) >= 11 is 6.11. The van der Waals surface area contributed by atoms with Crippen LogP contribution in [0.1, 0.15) is 25.3 Å². The molecule has 2 aliphatic heterocycles. The third-order valence-electron chi connectivity index (χ3n) is 5.10. The van der Waals surface area contributed by atoms with Gasteiger partial charge in [-0.2, -0.15) is 0 Å². The summed E-state index contributed by atoms with van der Waals surface area (Å²) in [5.41, 5.74) is 2.48. The first-order valence-corrected chi connectivity index (χ1v) is 9.57. The number of carbonyl (C=O) groups excluding carboxylic acids is 2. The number of fused-ring (bicyclic) bond motifs is 3. The lowest BCUT2D eigenvalue weighted by Gasteiger charge is -2.38. The Morgan fingerprint density at radius 3 is 3.04 bits per heavy atom. The monoisotopic (exact) mass is 384 g/mol. The minimum absolute atomic E-state index is 0.0610. The minimum atomic E-state index is -0.248. The van der Waals surface area contributed by atoms with Crippen molar-refractivity contribution in [3.63, 3.8) is 0 Å². The fourth-order valence-corrected chi connectivity index (χ4v) is 3.95. The fourth-order valence-electron chi connectivity index (χ4n) is 3.79. The Labute approximate surface area is 163 Å². The third-order valence-corrected chi connectivity index (χ3v) is 5.31. The molecule has 1 aromatic heterocycles. The Hall–Kier alpha value is -2.60. The highest BCUT2D eigenvalue weighted by Gasteiger charge is 2.42. The number of benzene rings is 1. The van der Waals surface area contributed by atoms with Gasteiger partial charge in [0.15, 0.2) is 5.82 Å². The average Bonchev–Trinajstić information content (AvgIpc) is 3.15.